The monoisotopic (exact) mass is 366 g/mol. The zero-order chi connectivity index (χ0) is 19.4. The highest BCUT2D eigenvalue weighted by atomic mass is 16.5. The van der Waals surface area contributed by atoms with Gasteiger partial charge >= 0.3 is 5.97 Å². The van der Waals surface area contributed by atoms with E-state index in [0.717, 1.165) is 4.90 Å². The fraction of sp³-hybridized carbons (Fsp3) is 0.200. The van der Waals surface area contributed by atoms with Gasteiger partial charge in [-0.15, -0.1) is 0 Å². The van der Waals surface area contributed by atoms with Crippen molar-refractivity contribution in [3.63, 3.8) is 0 Å². The van der Waals surface area contributed by atoms with Crippen LogP contribution in [0.5, 0.6) is 0 Å². The van der Waals surface area contributed by atoms with Crippen LogP contribution in [-0.2, 0) is 25.5 Å². The molecule has 3 amide bonds. The highest BCUT2D eigenvalue weighted by molar-refractivity contribution is 6.11. The van der Waals surface area contributed by atoms with Gasteiger partial charge in [0.05, 0.1) is 6.42 Å². The number of fused-ring (bicyclic) bond motifs is 1. The standard InChI is InChI=1S/C20H18N2O5/c1-21(15-8-3-2-4-9-15)18(24)13-27-19(25)12-22-17(23)11-14-7-5-6-10-16(14)20(22)26/h2-10H,11-13H2,1H3. The van der Waals surface area contributed by atoms with Crippen LogP contribution in [0.15, 0.2) is 54.6 Å². The van der Waals surface area contributed by atoms with Gasteiger partial charge < -0.3 is 9.64 Å². The number of carbonyl (C=O) groups excluding carboxylic acids is 4. The third kappa shape index (κ3) is 4.03. The van der Waals surface area contributed by atoms with E-state index >= 15 is 0 Å². The molecule has 0 N–H and O–H groups in total. The van der Waals surface area contributed by atoms with Crippen LogP contribution < -0.4 is 4.90 Å². The van der Waals surface area contributed by atoms with Gasteiger partial charge in [-0.25, -0.2) is 0 Å². The molecule has 0 atom stereocenters. The van der Waals surface area contributed by atoms with E-state index in [0.29, 0.717) is 16.8 Å². The number of anilines is 1. The van der Waals surface area contributed by atoms with Crippen LogP contribution in [0.2, 0.25) is 0 Å². The predicted molar refractivity (Wildman–Crippen MR) is 97.0 cm³/mol. The van der Waals surface area contributed by atoms with Crippen molar-refractivity contribution >= 4 is 29.4 Å². The smallest absolute Gasteiger partial charge is 0.326 e. The van der Waals surface area contributed by atoms with Crippen LogP contribution >= 0.6 is 0 Å². The Labute approximate surface area is 156 Å². The van der Waals surface area contributed by atoms with Crippen LogP contribution in [0.3, 0.4) is 0 Å². The zero-order valence-electron chi connectivity index (χ0n) is 14.8. The summed E-state index contributed by atoms with van der Waals surface area (Å²) >= 11 is 0. The number of esters is 1. The molecule has 7 nitrogen and oxygen atoms in total. The Morgan fingerprint density at radius 3 is 2.44 bits per heavy atom. The average Bonchev–Trinajstić information content (AvgIpc) is 2.69. The Morgan fingerprint density at radius 2 is 1.70 bits per heavy atom. The third-order valence-electron chi connectivity index (χ3n) is 4.30. The number of hydrogen-bond donors (Lipinski definition) is 0. The molecule has 0 unspecified atom stereocenters. The highest BCUT2D eigenvalue weighted by Crippen LogP contribution is 2.19. The van der Waals surface area contributed by atoms with E-state index in [2.05, 4.69) is 0 Å². The molecule has 27 heavy (non-hydrogen) atoms. The first-order valence-electron chi connectivity index (χ1n) is 8.37. The van der Waals surface area contributed by atoms with Gasteiger partial charge in [0, 0.05) is 18.3 Å². The third-order valence-corrected chi connectivity index (χ3v) is 4.30. The topological polar surface area (TPSA) is 84.0 Å². The van der Waals surface area contributed by atoms with Gasteiger partial charge in [-0.3, -0.25) is 24.1 Å². The lowest BCUT2D eigenvalue weighted by Crippen LogP contribution is -2.45. The molecule has 2 aromatic carbocycles. The molecule has 0 saturated carbocycles. The normalized spacial score (nSPS) is 13.1. The predicted octanol–water partition coefficient (Wildman–Crippen LogP) is 1.42. The molecule has 2 aromatic rings. The molecule has 0 bridgehead atoms. The number of ether oxygens (including phenoxy) is 1. The number of para-hydroxylation sites is 1. The van der Waals surface area contributed by atoms with E-state index in [1.807, 2.05) is 6.07 Å². The first-order valence-corrected chi connectivity index (χ1v) is 8.37. The lowest BCUT2D eigenvalue weighted by atomic mass is 9.98. The summed E-state index contributed by atoms with van der Waals surface area (Å²) in [5, 5.41) is 0. The van der Waals surface area contributed by atoms with E-state index in [1.54, 1.807) is 55.6 Å². The van der Waals surface area contributed by atoms with E-state index < -0.39 is 36.8 Å². The van der Waals surface area contributed by atoms with Crippen molar-refractivity contribution in [2.24, 2.45) is 0 Å². The Kier molecular flexibility index (Phi) is 5.30. The minimum atomic E-state index is -0.814. The number of imide groups is 1. The van der Waals surface area contributed by atoms with Gasteiger partial charge in [0.15, 0.2) is 6.61 Å². The van der Waals surface area contributed by atoms with Crippen LogP contribution in [0, 0.1) is 0 Å². The van der Waals surface area contributed by atoms with Crippen molar-refractivity contribution in [3.8, 4) is 0 Å². The average molecular weight is 366 g/mol. The number of amides is 3. The lowest BCUT2D eigenvalue weighted by molar-refractivity contribution is -0.150. The second-order valence-electron chi connectivity index (χ2n) is 6.07. The van der Waals surface area contributed by atoms with Crippen molar-refractivity contribution in [2.75, 3.05) is 25.1 Å². The van der Waals surface area contributed by atoms with E-state index in [9.17, 15) is 19.2 Å². The van der Waals surface area contributed by atoms with Gasteiger partial charge in [-0.05, 0) is 23.8 Å². The first kappa shape index (κ1) is 18.3. The number of benzene rings is 2. The molecule has 0 radical (unpaired) electrons. The molecule has 1 heterocycles. The molecular weight excluding hydrogens is 348 g/mol. The maximum atomic E-state index is 12.4. The van der Waals surface area contributed by atoms with Gasteiger partial charge in [0.25, 0.3) is 11.8 Å². The molecule has 0 aromatic heterocycles. The molecule has 7 heteroatoms. The van der Waals surface area contributed by atoms with Gasteiger partial charge in [-0.2, -0.15) is 0 Å². The molecule has 3 rings (SSSR count). The summed E-state index contributed by atoms with van der Waals surface area (Å²) in [6, 6.07) is 15.7. The van der Waals surface area contributed by atoms with E-state index in [1.165, 1.54) is 4.90 Å². The fourth-order valence-electron chi connectivity index (χ4n) is 2.77. The van der Waals surface area contributed by atoms with Crippen molar-refractivity contribution in [2.45, 2.75) is 6.42 Å². The number of carbonyl (C=O) groups is 4. The quantitative estimate of drug-likeness (QED) is 0.590. The Morgan fingerprint density at radius 1 is 1.04 bits per heavy atom. The summed E-state index contributed by atoms with van der Waals surface area (Å²) in [5.74, 6) is -2.24. The van der Waals surface area contributed by atoms with Crippen molar-refractivity contribution in [1.82, 2.24) is 4.90 Å². The summed E-state index contributed by atoms with van der Waals surface area (Å²) < 4.78 is 4.96. The number of rotatable bonds is 5. The summed E-state index contributed by atoms with van der Waals surface area (Å²) in [4.78, 5) is 51.0. The fourth-order valence-corrected chi connectivity index (χ4v) is 2.77. The summed E-state index contributed by atoms with van der Waals surface area (Å²) in [6.45, 7) is -0.995. The van der Waals surface area contributed by atoms with Crippen LogP contribution in [-0.4, -0.2) is 48.8 Å². The van der Waals surface area contributed by atoms with Gasteiger partial charge in [0.1, 0.15) is 6.54 Å². The van der Waals surface area contributed by atoms with Crippen molar-refractivity contribution in [1.29, 1.82) is 0 Å². The minimum Gasteiger partial charge on any atom is -0.454 e. The molecule has 0 fully saturated rings. The Hall–Kier alpha value is -3.48. The largest absolute Gasteiger partial charge is 0.454 e. The summed E-state index contributed by atoms with van der Waals surface area (Å²) in [7, 11) is 1.57. The Bertz CT molecular complexity index is 894. The molecule has 138 valence electrons. The second-order valence-corrected chi connectivity index (χ2v) is 6.07. The Balaban J connectivity index is 1.57. The summed E-state index contributed by atoms with van der Waals surface area (Å²) in [5.41, 5.74) is 1.69. The second kappa shape index (κ2) is 7.82. The van der Waals surface area contributed by atoms with E-state index in [-0.39, 0.29) is 6.42 Å². The molecule has 0 aliphatic carbocycles. The molecule has 0 spiro atoms. The molecule has 0 saturated heterocycles. The lowest BCUT2D eigenvalue weighted by Gasteiger charge is -2.26. The first-order chi connectivity index (χ1) is 13.0. The van der Waals surface area contributed by atoms with Gasteiger partial charge in [-0.1, -0.05) is 36.4 Å². The van der Waals surface area contributed by atoms with Crippen LogP contribution in [0.1, 0.15) is 15.9 Å². The minimum absolute atomic E-state index is 0.0465. The summed E-state index contributed by atoms with van der Waals surface area (Å²) in [6.07, 6.45) is 0.0465. The number of likely N-dealkylation sites (N-methyl/N-ethyl adjacent to an activating group) is 1. The number of nitrogens with zero attached hydrogens (tertiary/aromatic N) is 2. The van der Waals surface area contributed by atoms with Crippen LogP contribution in [0.25, 0.3) is 0 Å². The van der Waals surface area contributed by atoms with Gasteiger partial charge in [0.2, 0.25) is 5.91 Å². The maximum absolute atomic E-state index is 12.4. The number of hydrogen-bond acceptors (Lipinski definition) is 5. The van der Waals surface area contributed by atoms with E-state index in [4.69, 9.17) is 4.74 Å². The van der Waals surface area contributed by atoms with Crippen molar-refractivity contribution in [3.05, 3.63) is 65.7 Å². The maximum Gasteiger partial charge on any atom is 0.326 e. The SMILES string of the molecule is CN(C(=O)COC(=O)CN1C(=O)Cc2ccccc2C1=O)c1ccccc1. The van der Waals surface area contributed by atoms with Crippen molar-refractivity contribution < 1.29 is 23.9 Å². The molecule has 1 aliphatic heterocycles. The zero-order valence-corrected chi connectivity index (χ0v) is 14.8. The highest BCUT2D eigenvalue weighted by Gasteiger charge is 2.32. The van der Waals surface area contributed by atoms with Crippen LogP contribution in [0.4, 0.5) is 5.69 Å². The molecule has 1 aliphatic rings. The molecular formula is C20H18N2O5.